The summed E-state index contributed by atoms with van der Waals surface area (Å²) < 4.78 is 0. The smallest absolute Gasteiger partial charge is 0.254 e. The van der Waals surface area contributed by atoms with E-state index in [1.54, 1.807) is 0 Å². The molecule has 0 radical (unpaired) electrons. The molecule has 0 bridgehead atoms. The standard InChI is InChI=1S/C20H20N2O2/c23-19(15-6-2-1-3-7-15)21-12-10-17(11-13-21)22-14-16-8-4-5-9-18(16)20(22)24/h1-9,17H,10-14H2. The number of carbonyl (C=O) groups excluding carboxylic acids is 2. The third-order valence-corrected chi connectivity index (χ3v) is 5.06. The highest BCUT2D eigenvalue weighted by Gasteiger charge is 2.35. The predicted octanol–water partition coefficient (Wildman–Crippen LogP) is 2.95. The Hall–Kier alpha value is -2.62. The van der Waals surface area contributed by atoms with E-state index in [0.29, 0.717) is 19.6 Å². The topological polar surface area (TPSA) is 40.6 Å². The van der Waals surface area contributed by atoms with Crippen LogP contribution in [0.25, 0.3) is 0 Å². The second-order valence-corrected chi connectivity index (χ2v) is 6.48. The number of fused-ring (bicyclic) bond motifs is 1. The average molecular weight is 320 g/mol. The lowest BCUT2D eigenvalue weighted by atomic mass is 10.0. The van der Waals surface area contributed by atoms with Gasteiger partial charge in [-0.2, -0.15) is 0 Å². The predicted molar refractivity (Wildman–Crippen MR) is 91.7 cm³/mol. The molecule has 4 nitrogen and oxygen atoms in total. The number of nitrogens with zero attached hydrogens (tertiary/aromatic N) is 2. The molecule has 122 valence electrons. The van der Waals surface area contributed by atoms with Crippen molar-refractivity contribution in [2.24, 2.45) is 0 Å². The number of carbonyl (C=O) groups is 2. The summed E-state index contributed by atoms with van der Waals surface area (Å²) in [6.07, 6.45) is 1.69. The van der Waals surface area contributed by atoms with Crippen molar-refractivity contribution in [3.05, 3.63) is 71.3 Å². The minimum atomic E-state index is 0.0880. The zero-order chi connectivity index (χ0) is 16.5. The maximum Gasteiger partial charge on any atom is 0.254 e. The first-order chi connectivity index (χ1) is 11.7. The van der Waals surface area contributed by atoms with Gasteiger partial charge < -0.3 is 9.80 Å². The molecular formula is C20H20N2O2. The first-order valence-corrected chi connectivity index (χ1v) is 8.47. The van der Waals surface area contributed by atoms with Gasteiger partial charge in [-0.25, -0.2) is 0 Å². The van der Waals surface area contributed by atoms with Crippen LogP contribution in [0, 0.1) is 0 Å². The van der Waals surface area contributed by atoms with Gasteiger partial charge in [0.25, 0.3) is 11.8 Å². The summed E-state index contributed by atoms with van der Waals surface area (Å²) in [4.78, 5) is 29.0. The average Bonchev–Trinajstić information content (AvgIpc) is 2.99. The second-order valence-electron chi connectivity index (χ2n) is 6.48. The van der Waals surface area contributed by atoms with E-state index in [2.05, 4.69) is 0 Å². The van der Waals surface area contributed by atoms with Crippen molar-refractivity contribution in [3.63, 3.8) is 0 Å². The lowest BCUT2D eigenvalue weighted by Crippen LogP contribution is -2.46. The molecule has 2 aliphatic heterocycles. The first-order valence-electron chi connectivity index (χ1n) is 8.47. The van der Waals surface area contributed by atoms with Gasteiger partial charge in [0, 0.05) is 36.8 Å². The highest BCUT2D eigenvalue weighted by atomic mass is 16.2. The molecule has 0 aromatic heterocycles. The lowest BCUT2D eigenvalue weighted by molar-refractivity contribution is 0.0535. The van der Waals surface area contributed by atoms with Gasteiger partial charge in [-0.15, -0.1) is 0 Å². The Morgan fingerprint density at radius 1 is 0.917 bits per heavy atom. The van der Waals surface area contributed by atoms with Crippen molar-refractivity contribution >= 4 is 11.8 Å². The van der Waals surface area contributed by atoms with Gasteiger partial charge in [-0.05, 0) is 36.6 Å². The molecule has 0 saturated carbocycles. The summed E-state index contributed by atoms with van der Waals surface area (Å²) in [6, 6.07) is 17.5. The summed E-state index contributed by atoms with van der Waals surface area (Å²) in [6.45, 7) is 2.11. The number of benzene rings is 2. The molecule has 1 saturated heterocycles. The van der Waals surface area contributed by atoms with E-state index in [1.807, 2.05) is 64.4 Å². The summed E-state index contributed by atoms with van der Waals surface area (Å²) >= 11 is 0. The Bertz CT molecular complexity index is 764. The van der Waals surface area contributed by atoms with Crippen molar-refractivity contribution in [2.75, 3.05) is 13.1 Å². The molecule has 0 atom stereocenters. The van der Waals surface area contributed by atoms with Gasteiger partial charge in [-0.1, -0.05) is 36.4 Å². The van der Waals surface area contributed by atoms with Gasteiger partial charge in [0.15, 0.2) is 0 Å². The first kappa shape index (κ1) is 14.9. The van der Waals surface area contributed by atoms with E-state index in [-0.39, 0.29) is 17.9 Å². The summed E-state index contributed by atoms with van der Waals surface area (Å²) in [5.74, 6) is 0.225. The van der Waals surface area contributed by atoms with Gasteiger partial charge in [-0.3, -0.25) is 9.59 Å². The Kier molecular flexibility index (Phi) is 3.81. The van der Waals surface area contributed by atoms with E-state index in [9.17, 15) is 9.59 Å². The number of amides is 2. The van der Waals surface area contributed by atoms with Gasteiger partial charge >= 0.3 is 0 Å². The Labute approximate surface area is 141 Å². The molecule has 2 aromatic rings. The van der Waals surface area contributed by atoms with E-state index < -0.39 is 0 Å². The Morgan fingerprint density at radius 2 is 1.58 bits per heavy atom. The third-order valence-electron chi connectivity index (χ3n) is 5.06. The molecular weight excluding hydrogens is 300 g/mol. The molecule has 0 unspecified atom stereocenters. The third kappa shape index (κ3) is 2.58. The maximum atomic E-state index is 12.6. The number of rotatable bonds is 2. The van der Waals surface area contributed by atoms with Crippen LogP contribution in [0.1, 0.15) is 39.1 Å². The van der Waals surface area contributed by atoms with Gasteiger partial charge in [0.2, 0.25) is 0 Å². The fourth-order valence-electron chi connectivity index (χ4n) is 3.72. The number of likely N-dealkylation sites (tertiary alicyclic amines) is 1. The van der Waals surface area contributed by atoms with Crippen LogP contribution < -0.4 is 0 Å². The Morgan fingerprint density at radius 3 is 2.29 bits per heavy atom. The van der Waals surface area contributed by atoms with Crippen LogP contribution >= 0.6 is 0 Å². The van der Waals surface area contributed by atoms with Crippen LogP contribution in [0.15, 0.2) is 54.6 Å². The van der Waals surface area contributed by atoms with E-state index >= 15 is 0 Å². The molecule has 2 aliphatic rings. The number of hydrogen-bond donors (Lipinski definition) is 0. The normalized spacial score (nSPS) is 17.9. The minimum absolute atomic E-state index is 0.0880. The van der Waals surface area contributed by atoms with Crippen LogP contribution in [-0.2, 0) is 6.54 Å². The molecule has 24 heavy (non-hydrogen) atoms. The summed E-state index contributed by atoms with van der Waals surface area (Å²) in [5.41, 5.74) is 2.69. The van der Waals surface area contributed by atoms with Crippen molar-refractivity contribution in [1.82, 2.24) is 9.80 Å². The fraction of sp³-hybridized carbons (Fsp3) is 0.300. The molecule has 0 spiro atoms. The Balaban J connectivity index is 1.41. The van der Waals surface area contributed by atoms with E-state index in [0.717, 1.165) is 29.5 Å². The molecule has 1 fully saturated rings. The zero-order valence-electron chi connectivity index (χ0n) is 13.5. The highest BCUT2D eigenvalue weighted by Crippen LogP contribution is 2.28. The maximum absolute atomic E-state index is 12.6. The number of piperidine rings is 1. The molecule has 4 rings (SSSR count). The highest BCUT2D eigenvalue weighted by molar-refractivity contribution is 5.98. The monoisotopic (exact) mass is 320 g/mol. The number of hydrogen-bond acceptors (Lipinski definition) is 2. The van der Waals surface area contributed by atoms with Gasteiger partial charge in [0.1, 0.15) is 0 Å². The molecule has 2 amide bonds. The molecule has 0 aliphatic carbocycles. The van der Waals surface area contributed by atoms with Crippen LogP contribution in [0.4, 0.5) is 0 Å². The zero-order valence-corrected chi connectivity index (χ0v) is 13.5. The van der Waals surface area contributed by atoms with Crippen molar-refractivity contribution in [3.8, 4) is 0 Å². The van der Waals surface area contributed by atoms with Crippen LogP contribution in [0.3, 0.4) is 0 Å². The SMILES string of the molecule is O=C(c1ccccc1)N1CCC(N2Cc3ccccc3C2=O)CC1. The van der Waals surface area contributed by atoms with Crippen LogP contribution in [0.2, 0.25) is 0 Å². The van der Waals surface area contributed by atoms with Gasteiger partial charge in [0.05, 0.1) is 0 Å². The summed E-state index contributed by atoms with van der Waals surface area (Å²) in [5, 5.41) is 0. The lowest BCUT2D eigenvalue weighted by Gasteiger charge is -2.36. The minimum Gasteiger partial charge on any atom is -0.338 e. The molecule has 0 N–H and O–H groups in total. The molecule has 4 heteroatoms. The van der Waals surface area contributed by atoms with Crippen molar-refractivity contribution in [2.45, 2.75) is 25.4 Å². The van der Waals surface area contributed by atoms with Crippen molar-refractivity contribution < 1.29 is 9.59 Å². The fourth-order valence-corrected chi connectivity index (χ4v) is 3.72. The molecule has 2 aromatic carbocycles. The van der Waals surface area contributed by atoms with Crippen LogP contribution in [0.5, 0.6) is 0 Å². The van der Waals surface area contributed by atoms with E-state index in [1.165, 1.54) is 0 Å². The second kappa shape index (κ2) is 6.11. The quantitative estimate of drug-likeness (QED) is 0.853. The summed E-state index contributed by atoms with van der Waals surface area (Å²) in [7, 11) is 0. The van der Waals surface area contributed by atoms with E-state index in [4.69, 9.17) is 0 Å². The molecule has 2 heterocycles. The van der Waals surface area contributed by atoms with Crippen molar-refractivity contribution in [1.29, 1.82) is 0 Å². The largest absolute Gasteiger partial charge is 0.338 e. The van der Waals surface area contributed by atoms with Crippen LogP contribution in [-0.4, -0.2) is 40.7 Å².